The number of fused-ring (bicyclic) bond motifs is 1. The highest BCUT2D eigenvalue weighted by Gasteiger charge is 2.14. The van der Waals surface area contributed by atoms with Gasteiger partial charge in [0.1, 0.15) is 11.6 Å². The Labute approximate surface area is 175 Å². The summed E-state index contributed by atoms with van der Waals surface area (Å²) >= 11 is 1.15. The molecule has 0 atom stereocenters. The first-order valence-electron chi connectivity index (χ1n) is 9.26. The molecule has 2 aromatic heterocycles. The number of thioether (sulfide) groups is 1. The van der Waals surface area contributed by atoms with Gasteiger partial charge in [0, 0.05) is 12.1 Å². The summed E-state index contributed by atoms with van der Waals surface area (Å²) < 4.78 is 20.6. The maximum absolute atomic E-state index is 13.7. The molecule has 152 valence electrons. The van der Waals surface area contributed by atoms with Crippen LogP contribution >= 0.6 is 11.8 Å². The van der Waals surface area contributed by atoms with Crippen LogP contribution in [0.5, 0.6) is 0 Å². The zero-order valence-corrected chi connectivity index (χ0v) is 16.7. The molecule has 0 radical (unpaired) electrons. The van der Waals surface area contributed by atoms with E-state index < -0.39 is 0 Å². The third kappa shape index (κ3) is 4.44. The monoisotopic (exact) mass is 423 g/mol. The molecule has 0 saturated heterocycles. The molecule has 2 aromatic carbocycles. The number of benzene rings is 2. The van der Waals surface area contributed by atoms with Gasteiger partial charge in [-0.3, -0.25) is 14.2 Å². The summed E-state index contributed by atoms with van der Waals surface area (Å²) in [6.45, 7) is 0.305. The van der Waals surface area contributed by atoms with Gasteiger partial charge >= 0.3 is 0 Å². The third-order valence-electron chi connectivity index (χ3n) is 4.49. The van der Waals surface area contributed by atoms with E-state index in [0.29, 0.717) is 27.4 Å². The van der Waals surface area contributed by atoms with E-state index in [-0.39, 0.29) is 36.1 Å². The van der Waals surface area contributed by atoms with Crippen LogP contribution in [-0.4, -0.2) is 21.2 Å². The second-order valence-corrected chi connectivity index (χ2v) is 7.48. The van der Waals surface area contributed by atoms with Crippen molar-refractivity contribution in [2.45, 2.75) is 18.2 Å². The van der Waals surface area contributed by atoms with Crippen molar-refractivity contribution in [2.24, 2.45) is 0 Å². The third-order valence-corrected chi connectivity index (χ3v) is 5.46. The van der Waals surface area contributed by atoms with E-state index in [9.17, 15) is 14.0 Å². The zero-order valence-electron chi connectivity index (χ0n) is 15.9. The first-order chi connectivity index (χ1) is 14.6. The molecule has 4 rings (SSSR count). The SMILES string of the molecule is O=C(CSc1nc2ccccc2c(=O)n1Cc1ccco1)NCc1ccccc1F. The van der Waals surface area contributed by atoms with Crippen LogP contribution in [0.15, 0.2) is 81.3 Å². The summed E-state index contributed by atoms with van der Waals surface area (Å²) in [6.07, 6.45) is 1.54. The lowest BCUT2D eigenvalue weighted by Crippen LogP contribution is -2.27. The van der Waals surface area contributed by atoms with Gasteiger partial charge in [0.2, 0.25) is 5.91 Å². The number of para-hydroxylation sites is 1. The Balaban J connectivity index is 1.53. The van der Waals surface area contributed by atoms with Crippen molar-refractivity contribution in [3.63, 3.8) is 0 Å². The minimum Gasteiger partial charge on any atom is -0.467 e. The van der Waals surface area contributed by atoms with Crippen LogP contribution < -0.4 is 10.9 Å². The lowest BCUT2D eigenvalue weighted by molar-refractivity contribution is -0.118. The molecule has 0 fully saturated rings. The Kier molecular flexibility index (Phi) is 5.94. The predicted octanol–water partition coefficient (Wildman–Crippen LogP) is 3.59. The molecule has 0 unspecified atom stereocenters. The van der Waals surface area contributed by atoms with Crippen LogP contribution in [0.1, 0.15) is 11.3 Å². The van der Waals surface area contributed by atoms with Crippen LogP contribution in [0.2, 0.25) is 0 Å². The Morgan fingerprint density at radius 1 is 1.10 bits per heavy atom. The number of amides is 1. The Bertz CT molecular complexity index is 1240. The Morgan fingerprint density at radius 3 is 2.70 bits per heavy atom. The maximum atomic E-state index is 13.7. The molecular weight excluding hydrogens is 405 g/mol. The van der Waals surface area contributed by atoms with Gasteiger partial charge in [0.05, 0.1) is 29.5 Å². The Hall–Kier alpha value is -3.39. The first-order valence-corrected chi connectivity index (χ1v) is 10.3. The predicted molar refractivity (Wildman–Crippen MR) is 113 cm³/mol. The normalized spacial score (nSPS) is 11.0. The number of carbonyl (C=O) groups is 1. The number of furan rings is 1. The molecular formula is C22H18FN3O3S. The highest BCUT2D eigenvalue weighted by atomic mass is 32.2. The van der Waals surface area contributed by atoms with E-state index in [1.165, 1.54) is 16.9 Å². The molecule has 0 spiro atoms. The van der Waals surface area contributed by atoms with E-state index in [2.05, 4.69) is 10.3 Å². The minimum atomic E-state index is -0.367. The molecule has 0 saturated carbocycles. The maximum Gasteiger partial charge on any atom is 0.262 e. The highest BCUT2D eigenvalue weighted by Crippen LogP contribution is 2.19. The molecule has 2 heterocycles. The molecule has 1 N–H and O–H groups in total. The second-order valence-electron chi connectivity index (χ2n) is 6.54. The van der Waals surface area contributed by atoms with E-state index in [1.807, 2.05) is 0 Å². The summed E-state index contributed by atoms with van der Waals surface area (Å²) in [4.78, 5) is 29.8. The van der Waals surface area contributed by atoms with Crippen molar-refractivity contribution < 1.29 is 13.6 Å². The van der Waals surface area contributed by atoms with Gasteiger partial charge in [-0.05, 0) is 30.3 Å². The van der Waals surface area contributed by atoms with Crippen molar-refractivity contribution in [1.29, 1.82) is 0 Å². The topological polar surface area (TPSA) is 77.1 Å². The molecule has 0 aliphatic carbocycles. The standard InChI is InChI=1S/C22H18FN3O3S/c23-18-9-3-1-6-15(18)12-24-20(27)14-30-22-25-19-10-4-2-8-17(19)21(28)26(22)13-16-7-5-11-29-16/h1-11H,12-14H2,(H,24,27). The fraction of sp³-hybridized carbons (Fsp3) is 0.136. The smallest absolute Gasteiger partial charge is 0.262 e. The minimum absolute atomic E-state index is 0.0391. The van der Waals surface area contributed by atoms with Crippen LogP contribution in [-0.2, 0) is 17.9 Å². The quantitative estimate of drug-likeness (QED) is 0.363. The van der Waals surface area contributed by atoms with Gasteiger partial charge in [0.15, 0.2) is 5.16 Å². The average Bonchev–Trinajstić information content (AvgIpc) is 3.27. The number of nitrogens with one attached hydrogen (secondary N) is 1. The molecule has 0 aliphatic heterocycles. The van der Waals surface area contributed by atoms with Crippen molar-refractivity contribution in [2.75, 3.05) is 5.75 Å². The van der Waals surface area contributed by atoms with Crippen molar-refractivity contribution >= 4 is 28.6 Å². The summed E-state index contributed by atoms with van der Waals surface area (Å²) in [6, 6.07) is 16.9. The van der Waals surface area contributed by atoms with Crippen LogP contribution in [0.4, 0.5) is 4.39 Å². The molecule has 8 heteroatoms. The molecule has 30 heavy (non-hydrogen) atoms. The summed E-state index contributed by atoms with van der Waals surface area (Å²) in [7, 11) is 0. The van der Waals surface area contributed by atoms with Gasteiger partial charge in [0.25, 0.3) is 5.56 Å². The molecule has 1 amide bonds. The molecule has 0 bridgehead atoms. The van der Waals surface area contributed by atoms with Crippen LogP contribution in [0.25, 0.3) is 10.9 Å². The van der Waals surface area contributed by atoms with Crippen molar-refractivity contribution in [3.05, 3.63) is 94.4 Å². The van der Waals surface area contributed by atoms with Gasteiger partial charge in [-0.2, -0.15) is 0 Å². The van der Waals surface area contributed by atoms with Crippen LogP contribution in [0, 0.1) is 5.82 Å². The number of halogens is 1. The number of rotatable bonds is 7. The Morgan fingerprint density at radius 2 is 1.90 bits per heavy atom. The van der Waals surface area contributed by atoms with Crippen LogP contribution in [0.3, 0.4) is 0 Å². The molecule has 4 aromatic rings. The van der Waals surface area contributed by atoms with Gasteiger partial charge in [-0.1, -0.05) is 42.1 Å². The fourth-order valence-corrected chi connectivity index (χ4v) is 3.80. The van der Waals surface area contributed by atoms with Crippen molar-refractivity contribution in [3.8, 4) is 0 Å². The van der Waals surface area contributed by atoms with E-state index in [0.717, 1.165) is 11.8 Å². The highest BCUT2D eigenvalue weighted by molar-refractivity contribution is 7.99. The number of hydrogen-bond donors (Lipinski definition) is 1. The summed E-state index contributed by atoms with van der Waals surface area (Å²) in [5.74, 6) is 0.00128. The molecule has 0 aliphatic rings. The summed E-state index contributed by atoms with van der Waals surface area (Å²) in [5, 5.41) is 3.60. The lowest BCUT2D eigenvalue weighted by atomic mass is 10.2. The largest absolute Gasteiger partial charge is 0.467 e. The van der Waals surface area contributed by atoms with Gasteiger partial charge in [-0.25, -0.2) is 9.37 Å². The average molecular weight is 423 g/mol. The number of aromatic nitrogens is 2. The molecule has 6 nitrogen and oxygen atoms in total. The van der Waals surface area contributed by atoms with E-state index >= 15 is 0 Å². The van der Waals surface area contributed by atoms with Gasteiger partial charge in [-0.15, -0.1) is 0 Å². The second kappa shape index (κ2) is 8.96. The van der Waals surface area contributed by atoms with Crippen molar-refractivity contribution in [1.82, 2.24) is 14.9 Å². The number of hydrogen-bond acceptors (Lipinski definition) is 5. The number of nitrogens with zero attached hydrogens (tertiary/aromatic N) is 2. The zero-order chi connectivity index (χ0) is 20.9. The number of carbonyl (C=O) groups excluding carboxylic acids is 1. The summed E-state index contributed by atoms with van der Waals surface area (Å²) in [5.41, 5.74) is 0.771. The van der Waals surface area contributed by atoms with E-state index in [4.69, 9.17) is 4.42 Å². The van der Waals surface area contributed by atoms with Gasteiger partial charge < -0.3 is 9.73 Å². The lowest BCUT2D eigenvalue weighted by Gasteiger charge is -2.12. The van der Waals surface area contributed by atoms with E-state index in [1.54, 1.807) is 54.6 Å². The fourth-order valence-electron chi connectivity index (χ4n) is 2.97. The first kappa shape index (κ1) is 19.9.